The number of nitrogens with two attached hydrogens (primary N) is 1. The Hall–Kier alpha value is -4.52. The molecule has 0 aliphatic heterocycles. The first-order chi connectivity index (χ1) is 16.6. The summed E-state index contributed by atoms with van der Waals surface area (Å²) >= 11 is 0. The Morgan fingerprint density at radius 2 is 1.68 bits per heavy atom. The normalized spacial score (nSPS) is 11.0. The SMILES string of the molecule is CCc1cnn2c(NCc3cccnc3)cc(-c3ccc(-c4ccc(C(N)=O)cc4)cc3)nc12. The van der Waals surface area contributed by atoms with E-state index in [9.17, 15) is 4.79 Å². The predicted molar refractivity (Wildman–Crippen MR) is 133 cm³/mol. The second-order valence-electron chi connectivity index (χ2n) is 8.02. The minimum atomic E-state index is -0.428. The van der Waals surface area contributed by atoms with Crippen LogP contribution in [0.4, 0.5) is 5.82 Å². The second-order valence-corrected chi connectivity index (χ2v) is 8.02. The van der Waals surface area contributed by atoms with Gasteiger partial charge in [0.15, 0.2) is 5.65 Å². The fourth-order valence-corrected chi connectivity index (χ4v) is 3.89. The molecule has 1 amide bonds. The Balaban J connectivity index is 1.48. The molecule has 2 aromatic carbocycles. The summed E-state index contributed by atoms with van der Waals surface area (Å²) in [6.07, 6.45) is 6.34. The number of benzene rings is 2. The van der Waals surface area contributed by atoms with E-state index in [4.69, 9.17) is 10.7 Å². The zero-order valence-corrected chi connectivity index (χ0v) is 18.8. The first-order valence-electron chi connectivity index (χ1n) is 11.1. The summed E-state index contributed by atoms with van der Waals surface area (Å²) in [6.45, 7) is 2.74. The maximum Gasteiger partial charge on any atom is 0.248 e. The zero-order chi connectivity index (χ0) is 23.5. The molecule has 7 heteroatoms. The molecule has 5 aromatic rings. The third-order valence-electron chi connectivity index (χ3n) is 5.81. The smallest absolute Gasteiger partial charge is 0.248 e. The van der Waals surface area contributed by atoms with Crippen LogP contribution in [-0.4, -0.2) is 25.5 Å². The third-order valence-corrected chi connectivity index (χ3v) is 5.81. The van der Waals surface area contributed by atoms with Crippen molar-refractivity contribution in [2.45, 2.75) is 19.9 Å². The van der Waals surface area contributed by atoms with E-state index in [0.29, 0.717) is 12.1 Å². The van der Waals surface area contributed by atoms with Crippen LogP contribution in [0.5, 0.6) is 0 Å². The highest BCUT2D eigenvalue weighted by Crippen LogP contribution is 2.27. The van der Waals surface area contributed by atoms with Crippen LogP contribution in [0.3, 0.4) is 0 Å². The fraction of sp³-hybridized carbons (Fsp3) is 0.111. The van der Waals surface area contributed by atoms with Gasteiger partial charge in [-0.1, -0.05) is 49.4 Å². The number of aryl methyl sites for hydroxylation is 1. The lowest BCUT2D eigenvalue weighted by atomic mass is 10.0. The van der Waals surface area contributed by atoms with Gasteiger partial charge in [0.1, 0.15) is 5.82 Å². The summed E-state index contributed by atoms with van der Waals surface area (Å²) in [5.74, 6) is 0.442. The number of carbonyl (C=O) groups excluding carboxylic acids is 1. The quantitative estimate of drug-likeness (QED) is 0.375. The van der Waals surface area contributed by atoms with Gasteiger partial charge in [0.05, 0.1) is 11.9 Å². The first-order valence-corrected chi connectivity index (χ1v) is 11.1. The van der Waals surface area contributed by atoms with Crippen LogP contribution in [0.2, 0.25) is 0 Å². The number of rotatable bonds is 7. The molecule has 5 rings (SSSR count). The van der Waals surface area contributed by atoms with Crippen molar-refractivity contribution in [1.82, 2.24) is 19.6 Å². The molecular weight excluding hydrogens is 424 g/mol. The van der Waals surface area contributed by atoms with E-state index >= 15 is 0 Å². The summed E-state index contributed by atoms with van der Waals surface area (Å²) in [5, 5.41) is 8.04. The Morgan fingerprint density at radius 3 is 2.32 bits per heavy atom. The number of primary amides is 1. The minimum Gasteiger partial charge on any atom is -0.366 e. The van der Waals surface area contributed by atoms with Crippen molar-refractivity contribution in [3.8, 4) is 22.4 Å². The molecule has 0 radical (unpaired) electrons. The van der Waals surface area contributed by atoms with Gasteiger partial charge in [0.25, 0.3) is 0 Å². The molecule has 0 bridgehead atoms. The van der Waals surface area contributed by atoms with Gasteiger partial charge in [-0.05, 0) is 41.3 Å². The maximum atomic E-state index is 11.3. The van der Waals surface area contributed by atoms with Gasteiger partial charge in [-0.25, -0.2) is 4.98 Å². The molecule has 0 unspecified atom stereocenters. The summed E-state index contributed by atoms with van der Waals surface area (Å²) < 4.78 is 1.85. The number of nitrogens with zero attached hydrogens (tertiary/aromatic N) is 4. The molecule has 0 saturated heterocycles. The Kier molecular flexibility index (Phi) is 5.74. The number of anilines is 1. The van der Waals surface area contributed by atoms with E-state index in [1.807, 2.05) is 47.2 Å². The van der Waals surface area contributed by atoms with Crippen molar-refractivity contribution < 1.29 is 4.79 Å². The van der Waals surface area contributed by atoms with E-state index in [1.54, 1.807) is 18.3 Å². The number of hydrogen-bond donors (Lipinski definition) is 2. The van der Waals surface area contributed by atoms with Crippen LogP contribution in [0, 0.1) is 0 Å². The largest absolute Gasteiger partial charge is 0.366 e. The molecule has 3 N–H and O–H groups in total. The van der Waals surface area contributed by atoms with Crippen molar-refractivity contribution in [2.24, 2.45) is 5.73 Å². The van der Waals surface area contributed by atoms with Crippen LogP contribution < -0.4 is 11.1 Å². The lowest BCUT2D eigenvalue weighted by Crippen LogP contribution is -2.10. The van der Waals surface area contributed by atoms with Crippen LogP contribution in [0.15, 0.2) is 85.3 Å². The zero-order valence-electron chi connectivity index (χ0n) is 18.8. The molecular formula is C27H24N6O. The van der Waals surface area contributed by atoms with E-state index in [1.165, 1.54) is 0 Å². The van der Waals surface area contributed by atoms with Gasteiger partial charge in [-0.15, -0.1) is 0 Å². The lowest BCUT2D eigenvalue weighted by Gasteiger charge is -2.12. The van der Waals surface area contributed by atoms with Crippen LogP contribution in [0.1, 0.15) is 28.4 Å². The van der Waals surface area contributed by atoms with Gasteiger partial charge in [0, 0.05) is 41.7 Å². The number of amides is 1. The summed E-state index contributed by atoms with van der Waals surface area (Å²) in [4.78, 5) is 20.4. The predicted octanol–water partition coefficient (Wildman–Crippen LogP) is 4.73. The summed E-state index contributed by atoms with van der Waals surface area (Å²) in [6, 6.07) is 21.5. The molecule has 168 valence electrons. The molecule has 0 aliphatic rings. The maximum absolute atomic E-state index is 11.3. The van der Waals surface area contributed by atoms with Gasteiger partial charge in [0.2, 0.25) is 5.91 Å². The lowest BCUT2D eigenvalue weighted by molar-refractivity contribution is 0.100. The van der Waals surface area contributed by atoms with Crippen molar-refractivity contribution in [3.63, 3.8) is 0 Å². The van der Waals surface area contributed by atoms with Crippen molar-refractivity contribution in [2.75, 3.05) is 5.32 Å². The fourth-order valence-electron chi connectivity index (χ4n) is 3.89. The highest BCUT2D eigenvalue weighted by molar-refractivity contribution is 5.93. The molecule has 0 atom stereocenters. The molecule has 34 heavy (non-hydrogen) atoms. The minimum absolute atomic E-state index is 0.428. The molecule has 0 fully saturated rings. The molecule has 0 aliphatic carbocycles. The Bertz CT molecular complexity index is 1440. The summed E-state index contributed by atoms with van der Waals surface area (Å²) in [7, 11) is 0. The number of nitrogens with one attached hydrogen (secondary N) is 1. The molecule has 7 nitrogen and oxygen atoms in total. The van der Waals surface area contributed by atoms with Crippen LogP contribution >= 0.6 is 0 Å². The third kappa shape index (κ3) is 4.23. The average molecular weight is 449 g/mol. The van der Waals surface area contributed by atoms with E-state index in [-0.39, 0.29) is 0 Å². The monoisotopic (exact) mass is 448 g/mol. The van der Waals surface area contributed by atoms with E-state index < -0.39 is 5.91 Å². The molecule has 3 heterocycles. The highest BCUT2D eigenvalue weighted by Gasteiger charge is 2.12. The molecule has 3 aromatic heterocycles. The topological polar surface area (TPSA) is 98.2 Å². The van der Waals surface area contributed by atoms with Crippen molar-refractivity contribution in [3.05, 3.63) is 102 Å². The number of fused-ring (bicyclic) bond motifs is 1. The molecule has 0 spiro atoms. The van der Waals surface area contributed by atoms with E-state index in [0.717, 1.165) is 51.4 Å². The van der Waals surface area contributed by atoms with Gasteiger partial charge < -0.3 is 11.1 Å². The Labute approximate surface area is 197 Å². The van der Waals surface area contributed by atoms with Gasteiger partial charge >= 0.3 is 0 Å². The van der Waals surface area contributed by atoms with Crippen LogP contribution in [0.25, 0.3) is 28.0 Å². The summed E-state index contributed by atoms with van der Waals surface area (Å²) in [5.41, 5.74) is 12.8. The van der Waals surface area contributed by atoms with E-state index in [2.05, 4.69) is 46.6 Å². The van der Waals surface area contributed by atoms with Crippen molar-refractivity contribution >= 4 is 17.4 Å². The van der Waals surface area contributed by atoms with Gasteiger partial charge in [-0.2, -0.15) is 9.61 Å². The Morgan fingerprint density at radius 1 is 0.971 bits per heavy atom. The standard InChI is InChI=1S/C27H24N6O/c1-2-19-17-31-33-25(30-16-18-4-3-13-29-15-18)14-24(32-27(19)33)22-9-5-20(6-10-22)21-7-11-23(12-8-21)26(28)34/h3-15,17,30H,2,16H2,1H3,(H2,28,34). The number of pyridine rings is 1. The molecule has 0 saturated carbocycles. The van der Waals surface area contributed by atoms with Crippen molar-refractivity contribution in [1.29, 1.82) is 0 Å². The van der Waals surface area contributed by atoms with Gasteiger partial charge in [-0.3, -0.25) is 9.78 Å². The number of carbonyl (C=O) groups is 1. The second kappa shape index (κ2) is 9.15. The number of hydrogen-bond acceptors (Lipinski definition) is 5. The average Bonchev–Trinajstić information content (AvgIpc) is 3.31. The number of aromatic nitrogens is 4. The van der Waals surface area contributed by atoms with Crippen LogP contribution in [-0.2, 0) is 13.0 Å². The first kappa shape index (κ1) is 21.3. The highest BCUT2D eigenvalue weighted by atomic mass is 16.1.